The van der Waals surface area contributed by atoms with E-state index in [1.54, 1.807) is 30.3 Å². The van der Waals surface area contributed by atoms with E-state index in [1.807, 2.05) is 45.0 Å². The number of carbonyl (C=O) groups is 1. The van der Waals surface area contributed by atoms with E-state index in [1.165, 1.54) is 12.1 Å². The summed E-state index contributed by atoms with van der Waals surface area (Å²) in [4.78, 5) is 12.2. The minimum absolute atomic E-state index is 0.108. The van der Waals surface area contributed by atoms with Gasteiger partial charge < -0.3 is 10.1 Å². The van der Waals surface area contributed by atoms with Gasteiger partial charge in [0.25, 0.3) is 15.9 Å². The number of aryl methyl sites for hydroxylation is 3. The smallest absolute Gasteiger partial charge is 0.262 e. The van der Waals surface area contributed by atoms with Gasteiger partial charge in [-0.15, -0.1) is 0 Å². The van der Waals surface area contributed by atoms with Crippen molar-refractivity contribution in [1.29, 1.82) is 0 Å². The molecule has 7 heteroatoms. The largest absolute Gasteiger partial charge is 0.484 e. The second-order valence-corrected chi connectivity index (χ2v) is 8.78. The third-order valence-corrected chi connectivity index (χ3v) is 5.85. The van der Waals surface area contributed by atoms with Gasteiger partial charge in [-0.25, -0.2) is 8.42 Å². The highest BCUT2D eigenvalue weighted by Crippen LogP contribution is 2.22. The molecule has 0 aliphatic rings. The van der Waals surface area contributed by atoms with Crippen LogP contribution in [0.25, 0.3) is 0 Å². The SMILES string of the molecule is Cc1ccc(OCC(=O)Nc2ccc(S(=O)(=O)Nc3ccc(C)cc3C)cc2)cc1. The van der Waals surface area contributed by atoms with Gasteiger partial charge in [0.15, 0.2) is 6.61 Å². The van der Waals surface area contributed by atoms with Gasteiger partial charge in [-0.3, -0.25) is 9.52 Å². The summed E-state index contributed by atoms with van der Waals surface area (Å²) < 4.78 is 33.3. The Hall–Kier alpha value is -3.32. The number of hydrogen-bond acceptors (Lipinski definition) is 4. The van der Waals surface area contributed by atoms with E-state index in [2.05, 4.69) is 10.0 Å². The van der Waals surface area contributed by atoms with Crippen LogP contribution in [-0.4, -0.2) is 20.9 Å². The second kappa shape index (κ2) is 9.00. The number of benzene rings is 3. The standard InChI is InChI=1S/C23H24N2O4S/c1-16-4-9-20(10-5-16)29-15-23(26)24-19-7-11-21(12-8-19)30(27,28)25-22-13-6-17(2)14-18(22)3/h4-14,25H,15H2,1-3H3,(H,24,26). The first-order chi connectivity index (χ1) is 14.2. The van der Waals surface area contributed by atoms with Crippen LogP contribution >= 0.6 is 0 Å². The van der Waals surface area contributed by atoms with Gasteiger partial charge in [-0.05, 0) is 68.8 Å². The molecule has 0 aliphatic carbocycles. The normalized spacial score (nSPS) is 11.0. The van der Waals surface area contributed by atoms with Crippen molar-refractivity contribution in [2.24, 2.45) is 0 Å². The van der Waals surface area contributed by atoms with Crippen LogP contribution in [0.15, 0.2) is 71.6 Å². The van der Waals surface area contributed by atoms with E-state index in [0.717, 1.165) is 16.7 Å². The van der Waals surface area contributed by atoms with Crippen molar-refractivity contribution in [2.75, 3.05) is 16.6 Å². The van der Waals surface area contributed by atoms with E-state index < -0.39 is 10.0 Å². The summed E-state index contributed by atoms with van der Waals surface area (Å²) in [6.07, 6.45) is 0. The predicted octanol–water partition coefficient (Wildman–Crippen LogP) is 4.43. The van der Waals surface area contributed by atoms with E-state index in [-0.39, 0.29) is 17.4 Å². The summed E-state index contributed by atoms with van der Waals surface area (Å²) in [6, 6.07) is 18.9. The van der Waals surface area contributed by atoms with Crippen LogP contribution < -0.4 is 14.8 Å². The summed E-state index contributed by atoms with van der Waals surface area (Å²) in [7, 11) is -3.73. The first-order valence-corrected chi connectivity index (χ1v) is 10.9. The third-order valence-electron chi connectivity index (χ3n) is 4.47. The maximum Gasteiger partial charge on any atom is 0.262 e. The van der Waals surface area contributed by atoms with Crippen LogP contribution in [0.1, 0.15) is 16.7 Å². The highest BCUT2D eigenvalue weighted by atomic mass is 32.2. The minimum Gasteiger partial charge on any atom is -0.484 e. The molecule has 0 fully saturated rings. The van der Waals surface area contributed by atoms with Crippen molar-refractivity contribution in [3.8, 4) is 5.75 Å². The summed E-state index contributed by atoms with van der Waals surface area (Å²) >= 11 is 0. The van der Waals surface area contributed by atoms with Gasteiger partial charge in [0, 0.05) is 5.69 Å². The Kier molecular flexibility index (Phi) is 6.42. The van der Waals surface area contributed by atoms with Gasteiger partial charge in [-0.2, -0.15) is 0 Å². The molecule has 0 aromatic heterocycles. The van der Waals surface area contributed by atoms with Gasteiger partial charge in [0.1, 0.15) is 5.75 Å². The molecule has 3 rings (SSSR count). The lowest BCUT2D eigenvalue weighted by Gasteiger charge is -2.12. The molecule has 156 valence electrons. The maximum atomic E-state index is 12.6. The molecule has 0 radical (unpaired) electrons. The summed E-state index contributed by atoms with van der Waals surface area (Å²) in [5.41, 5.74) is 4.02. The van der Waals surface area contributed by atoms with Crippen LogP contribution in [0.4, 0.5) is 11.4 Å². The van der Waals surface area contributed by atoms with Crippen molar-refractivity contribution < 1.29 is 17.9 Å². The number of carbonyl (C=O) groups excluding carboxylic acids is 1. The van der Waals surface area contributed by atoms with E-state index in [0.29, 0.717) is 17.1 Å². The Bertz CT molecular complexity index is 1140. The Morgan fingerprint density at radius 3 is 2.13 bits per heavy atom. The molecule has 0 saturated carbocycles. The number of rotatable bonds is 7. The van der Waals surface area contributed by atoms with Crippen molar-refractivity contribution in [3.05, 3.63) is 83.4 Å². The highest BCUT2D eigenvalue weighted by molar-refractivity contribution is 7.92. The molecule has 0 aliphatic heterocycles. The summed E-state index contributed by atoms with van der Waals surface area (Å²) in [5.74, 6) is 0.272. The molecule has 0 spiro atoms. The Labute approximate surface area is 177 Å². The molecule has 3 aromatic rings. The quantitative estimate of drug-likeness (QED) is 0.588. The third kappa shape index (κ3) is 5.61. The zero-order chi connectivity index (χ0) is 21.7. The van der Waals surface area contributed by atoms with Gasteiger partial charge >= 0.3 is 0 Å². The number of amides is 1. The highest BCUT2D eigenvalue weighted by Gasteiger charge is 2.15. The van der Waals surface area contributed by atoms with Crippen molar-refractivity contribution in [3.63, 3.8) is 0 Å². The van der Waals surface area contributed by atoms with Crippen molar-refractivity contribution in [1.82, 2.24) is 0 Å². The van der Waals surface area contributed by atoms with E-state index >= 15 is 0 Å². The lowest BCUT2D eigenvalue weighted by molar-refractivity contribution is -0.118. The van der Waals surface area contributed by atoms with Gasteiger partial charge in [0.05, 0.1) is 10.6 Å². The van der Waals surface area contributed by atoms with Crippen LogP contribution in [0.5, 0.6) is 5.75 Å². The molecular formula is C23H24N2O4S. The molecule has 0 saturated heterocycles. The number of nitrogens with one attached hydrogen (secondary N) is 2. The Morgan fingerprint density at radius 1 is 0.867 bits per heavy atom. The molecular weight excluding hydrogens is 400 g/mol. The fourth-order valence-corrected chi connectivity index (χ4v) is 3.96. The fourth-order valence-electron chi connectivity index (χ4n) is 2.83. The molecule has 30 heavy (non-hydrogen) atoms. The Balaban J connectivity index is 1.60. The number of ether oxygens (including phenoxy) is 1. The summed E-state index contributed by atoms with van der Waals surface area (Å²) in [5, 5.41) is 2.69. The van der Waals surface area contributed by atoms with Crippen molar-refractivity contribution in [2.45, 2.75) is 25.7 Å². The molecule has 6 nitrogen and oxygen atoms in total. The molecule has 3 aromatic carbocycles. The minimum atomic E-state index is -3.73. The van der Waals surface area contributed by atoms with Gasteiger partial charge in [-0.1, -0.05) is 35.4 Å². The lowest BCUT2D eigenvalue weighted by Crippen LogP contribution is -2.20. The van der Waals surface area contributed by atoms with Crippen LogP contribution in [0, 0.1) is 20.8 Å². The molecule has 2 N–H and O–H groups in total. The topological polar surface area (TPSA) is 84.5 Å². The molecule has 0 unspecified atom stereocenters. The van der Waals surface area contributed by atoms with Crippen LogP contribution in [0.2, 0.25) is 0 Å². The second-order valence-electron chi connectivity index (χ2n) is 7.10. The zero-order valence-corrected chi connectivity index (χ0v) is 17.9. The first kappa shape index (κ1) is 21.4. The lowest BCUT2D eigenvalue weighted by atomic mass is 10.1. The first-order valence-electron chi connectivity index (χ1n) is 9.42. The average molecular weight is 425 g/mol. The van der Waals surface area contributed by atoms with Crippen LogP contribution in [0.3, 0.4) is 0 Å². The monoisotopic (exact) mass is 424 g/mol. The number of sulfonamides is 1. The molecule has 0 atom stereocenters. The predicted molar refractivity (Wildman–Crippen MR) is 118 cm³/mol. The number of hydrogen-bond donors (Lipinski definition) is 2. The number of anilines is 2. The molecule has 1 amide bonds. The Morgan fingerprint density at radius 2 is 1.50 bits per heavy atom. The average Bonchev–Trinajstić information content (AvgIpc) is 2.70. The van der Waals surface area contributed by atoms with Crippen LogP contribution in [-0.2, 0) is 14.8 Å². The fraction of sp³-hybridized carbons (Fsp3) is 0.174. The molecule has 0 heterocycles. The zero-order valence-electron chi connectivity index (χ0n) is 17.1. The van der Waals surface area contributed by atoms with E-state index in [4.69, 9.17) is 4.74 Å². The summed E-state index contributed by atoms with van der Waals surface area (Å²) in [6.45, 7) is 5.63. The van der Waals surface area contributed by atoms with Gasteiger partial charge in [0.2, 0.25) is 0 Å². The molecule has 0 bridgehead atoms. The van der Waals surface area contributed by atoms with Crippen molar-refractivity contribution >= 4 is 27.3 Å². The maximum absolute atomic E-state index is 12.6. The van der Waals surface area contributed by atoms with E-state index in [9.17, 15) is 13.2 Å².